The molecule has 21 heavy (non-hydrogen) atoms. The molecule has 3 rings (SSSR count). The topological polar surface area (TPSA) is 29.1 Å². The molecular weight excluding hydrogens is 265 g/mol. The number of Topliss-reactive ketones (excluding diaryl/α,β-unsaturated/α-hetero) is 1. The molecule has 0 amide bonds. The van der Waals surface area contributed by atoms with E-state index in [4.69, 9.17) is 0 Å². The Bertz CT molecular complexity index is 694. The maximum absolute atomic E-state index is 13.1. The third kappa shape index (κ3) is 2.97. The summed E-state index contributed by atoms with van der Waals surface area (Å²) in [4.78, 5) is 12.4. The molecule has 1 heterocycles. The van der Waals surface area contributed by atoms with E-state index in [-0.39, 0.29) is 11.6 Å². The Morgan fingerprint density at radius 3 is 2.90 bits per heavy atom. The van der Waals surface area contributed by atoms with Crippen molar-refractivity contribution >= 4 is 11.5 Å². The molecule has 0 atom stereocenters. The number of nitrogens with one attached hydrogen (secondary N) is 1. The second-order valence-corrected chi connectivity index (χ2v) is 5.57. The fraction of sp³-hybridized carbons (Fsp3) is 0.278. The number of aryl methyl sites for hydroxylation is 2. The Hall–Kier alpha value is -2.16. The molecule has 0 aromatic heterocycles. The predicted octanol–water partition coefficient (Wildman–Crippen LogP) is 3.92. The highest BCUT2D eigenvalue weighted by Crippen LogP contribution is 2.24. The first-order valence-electron chi connectivity index (χ1n) is 7.28. The van der Waals surface area contributed by atoms with Crippen LogP contribution in [0.25, 0.3) is 0 Å². The highest BCUT2D eigenvalue weighted by Gasteiger charge is 2.13. The molecule has 2 nitrogen and oxygen atoms in total. The second-order valence-electron chi connectivity index (χ2n) is 5.57. The summed E-state index contributed by atoms with van der Waals surface area (Å²) in [6, 6.07) is 10.4. The van der Waals surface area contributed by atoms with E-state index in [1.165, 1.54) is 17.7 Å². The normalized spacial score (nSPS) is 13.4. The molecule has 0 aliphatic carbocycles. The van der Waals surface area contributed by atoms with E-state index in [2.05, 4.69) is 5.32 Å². The van der Waals surface area contributed by atoms with Crippen LogP contribution in [-0.2, 0) is 12.8 Å². The second kappa shape index (κ2) is 5.68. The van der Waals surface area contributed by atoms with Crippen LogP contribution in [0.3, 0.4) is 0 Å². The maximum atomic E-state index is 13.1. The first-order valence-corrected chi connectivity index (χ1v) is 7.28. The molecule has 0 unspecified atom stereocenters. The number of rotatable bonds is 3. The molecule has 2 aromatic carbocycles. The van der Waals surface area contributed by atoms with Crippen molar-refractivity contribution in [3.05, 3.63) is 64.5 Å². The highest BCUT2D eigenvalue weighted by atomic mass is 19.1. The standard InChI is InChI=1S/C18H18FNO/c1-12-9-16(19)6-4-13(12)11-18(21)15-5-7-17-14(10-15)3-2-8-20-17/h4-7,9-10,20H,2-3,8,11H2,1H3. The monoisotopic (exact) mass is 283 g/mol. The summed E-state index contributed by atoms with van der Waals surface area (Å²) in [6.07, 6.45) is 2.43. The molecule has 1 N–H and O–H groups in total. The average molecular weight is 283 g/mol. The van der Waals surface area contributed by atoms with Gasteiger partial charge in [-0.1, -0.05) is 6.07 Å². The zero-order valence-electron chi connectivity index (χ0n) is 12.1. The Kier molecular flexibility index (Phi) is 3.74. The van der Waals surface area contributed by atoms with Gasteiger partial charge in [0.15, 0.2) is 5.78 Å². The quantitative estimate of drug-likeness (QED) is 0.865. The van der Waals surface area contributed by atoms with Gasteiger partial charge in [-0.25, -0.2) is 4.39 Å². The van der Waals surface area contributed by atoms with Gasteiger partial charge in [0, 0.05) is 24.2 Å². The fourth-order valence-electron chi connectivity index (χ4n) is 2.78. The minimum absolute atomic E-state index is 0.0816. The number of halogens is 1. The Labute approximate surface area is 124 Å². The maximum Gasteiger partial charge on any atom is 0.167 e. The van der Waals surface area contributed by atoms with E-state index in [1.54, 1.807) is 6.07 Å². The van der Waals surface area contributed by atoms with Gasteiger partial charge in [-0.15, -0.1) is 0 Å². The molecular formula is C18H18FNO. The fourth-order valence-corrected chi connectivity index (χ4v) is 2.78. The molecule has 2 aromatic rings. The lowest BCUT2D eigenvalue weighted by Crippen LogP contribution is -2.13. The predicted molar refractivity (Wildman–Crippen MR) is 82.4 cm³/mol. The lowest BCUT2D eigenvalue weighted by atomic mass is 9.95. The van der Waals surface area contributed by atoms with Crippen molar-refractivity contribution in [3.8, 4) is 0 Å². The number of fused-ring (bicyclic) bond motifs is 1. The smallest absolute Gasteiger partial charge is 0.167 e. The Balaban J connectivity index is 1.82. The summed E-state index contributed by atoms with van der Waals surface area (Å²) >= 11 is 0. The number of carbonyl (C=O) groups is 1. The van der Waals surface area contributed by atoms with Crippen molar-refractivity contribution in [2.24, 2.45) is 0 Å². The molecule has 108 valence electrons. The number of hydrogen-bond acceptors (Lipinski definition) is 2. The van der Waals surface area contributed by atoms with E-state index >= 15 is 0 Å². The van der Waals surface area contributed by atoms with Crippen LogP contribution in [0.1, 0.15) is 33.5 Å². The lowest BCUT2D eigenvalue weighted by Gasteiger charge is -2.18. The highest BCUT2D eigenvalue weighted by molar-refractivity contribution is 5.98. The minimum atomic E-state index is -0.261. The summed E-state index contributed by atoms with van der Waals surface area (Å²) < 4.78 is 13.1. The van der Waals surface area contributed by atoms with Crippen LogP contribution < -0.4 is 5.32 Å². The van der Waals surface area contributed by atoms with Gasteiger partial charge in [0.05, 0.1) is 0 Å². The van der Waals surface area contributed by atoms with Crippen LogP contribution in [-0.4, -0.2) is 12.3 Å². The van der Waals surface area contributed by atoms with Gasteiger partial charge >= 0.3 is 0 Å². The molecule has 1 aliphatic rings. The van der Waals surface area contributed by atoms with Crippen LogP contribution in [0.2, 0.25) is 0 Å². The molecule has 3 heteroatoms. The average Bonchev–Trinajstić information content (AvgIpc) is 2.49. The summed E-state index contributed by atoms with van der Waals surface area (Å²) in [5, 5.41) is 3.34. The third-order valence-corrected chi connectivity index (χ3v) is 4.02. The van der Waals surface area contributed by atoms with Crippen molar-refractivity contribution in [1.29, 1.82) is 0 Å². The van der Waals surface area contributed by atoms with Crippen molar-refractivity contribution in [2.45, 2.75) is 26.2 Å². The van der Waals surface area contributed by atoms with Gasteiger partial charge in [0.1, 0.15) is 5.82 Å². The minimum Gasteiger partial charge on any atom is -0.385 e. The molecule has 0 radical (unpaired) electrons. The number of carbonyl (C=O) groups excluding carboxylic acids is 1. The Morgan fingerprint density at radius 1 is 1.24 bits per heavy atom. The van der Waals surface area contributed by atoms with Crippen LogP contribution >= 0.6 is 0 Å². The third-order valence-electron chi connectivity index (χ3n) is 4.02. The molecule has 0 bridgehead atoms. The van der Waals surface area contributed by atoms with Crippen molar-refractivity contribution in [2.75, 3.05) is 11.9 Å². The number of benzene rings is 2. The van der Waals surface area contributed by atoms with Crippen LogP contribution in [0, 0.1) is 12.7 Å². The Morgan fingerprint density at radius 2 is 2.10 bits per heavy atom. The van der Waals surface area contributed by atoms with Crippen LogP contribution in [0.4, 0.5) is 10.1 Å². The molecule has 0 saturated carbocycles. The van der Waals surface area contributed by atoms with Crippen molar-refractivity contribution in [1.82, 2.24) is 0 Å². The summed E-state index contributed by atoms with van der Waals surface area (Å²) in [5.74, 6) is -0.179. The van der Waals surface area contributed by atoms with E-state index < -0.39 is 0 Å². The van der Waals surface area contributed by atoms with Gasteiger partial charge in [-0.05, 0) is 66.8 Å². The van der Waals surface area contributed by atoms with E-state index in [9.17, 15) is 9.18 Å². The summed E-state index contributed by atoms with van der Waals surface area (Å²) in [5.41, 5.74) is 4.79. The van der Waals surface area contributed by atoms with E-state index in [1.807, 2.05) is 25.1 Å². The van der Waals surface area contributed by atoms with Crippen molar-refractivity contribution < 1.29 is 9.18 Å². The van der Waals surface area contributed by atoms with Gasteiger partial charge in [0.25, 0.3) is 0 Å². The van der Waals surface area contributed by atoms with E-state index in [0.717, 1.165) is 41.8 Å². The van der Waals surface area contributed by atoms with E-state index in [0.29, 0.717) is 6.42 Å². The number of anilines is 1. The summed E-state index contributed by atoms with van der Waals surface area (Å²) in [7, 11) is 0. The summed E-state index contributed by atoms with van der Waals surface area (Å²) in [6.45, 7) is 2.83. The van der Waals surface area contributed by atoms with Gasteiger partial charge in [-0.3, -0.25) is 4.79 Å². The van der Waals surface area contributed by atoms with Crippen molar-refractivity contribution in [3.63, 3.8) is 0 Å². The first kappa shape index (κ1) is 13.8. The van der Waals surface area contributed by atoms with Gasteiger partial charge < -0.3 is 5.32 Å². The van der Waals surface area contributed by atoms with Crippen LogP contribution in [0.5, 0.6) is 0 Å². The molecule has 0 saturated heterocycles. The molecule has 0 spiro atoms. The zero-order chi connectivity index (χ0) is 14.8. The molecule has 1 aliphatic heterocycles. The number of ketones is 1. The SMILES string of the molecule is Cc1cc(F)ccc1CC(=O)c1ccc2c(c1)CCCN2. The molecule has 0 fully saturated rings. The van der Waals surface area contributed by atoms with Crippen LogP contribution in [0.15, 0.2) is 36.4 Å². The van der Waals surface area contributed by atoms with Gasteiger partial charge in [0.2, 0.25) is 0 Å². The first-order chi connectivity index (χ1) is 10.1. The lowest BCUT2D eigenvalue weighted by molar-refractivity contribution is 0.0992. The van der Waals surface area contributed by atoms with Gasteiger partial charge in [-0.2, -0.15) is 0 Å². The largest absolute Gasteiger partial charge is 0.385 e. The number of hydrogen-bond donors (Lipinski definition) is 1. The zero-order valence-corrected chi connectivity index (χ0v) is 12.1.